The number of carbonyl (C=O) groups is 1. The molecule has 0 unspecified atom stereocenters. The number of carbonyl (C=O) groups excluding carboxylic acids is 1. The lowest BCUT2D eigenvalue weighted by molar-refractivity contribution is -0.0668. The van der Waals surface area contributed by atoms with Crippen LogP contribution in [0.1, 0.15) is 17.3 Å². The van der Waals surface area contributed by atoms with Gasteiger partial charge in [0.25, 0.3) is 5.91 Å². The number of halogens is 1. The van der Waals surface area contributed by atoms with E-state index >= 15 is 0 Å². The standard InChI is InChI=1S/C13H17BrN2O4S/c1-13(18)7-16(8-13)12(17)9-4-5-10(14)11(6-9)21(19,20)15(2)3/h4-6,18H,7-8H2,1-3H3. The van der Waals surface area contributed by atoms with Crippen molar-refractivity contribution in [2.24, 2.45) is 0 Å². The van der Waals surface area contributed by atoms with Gasteiger partial charge in [0.15, 0.2) is 0 Å². The van der Waals surface area contributed by atoms with E-state index in [2.05, 4.69) is 15.9 Å². The van der Waals surface area contributed by atoms with Crippen molar-refractivity contribution in [3.63, 3.8) is 0 Å². The van der Waals surface area contributed by atoms with E-state index in [-0.39, 0.29) is 29.5 Å². The minimum atomic E-state index is -3.63. The zero-order valence-corrected chi connectivity index (χ0v) is 14.4. The summed E-state index contributed by atoms with van der Waals surface area (Å²) in [6.07, 6.45) is 0. The first-order chi connectivity index (χ1) is 9.54. The Balaban J connectivity index is 2.34. The molecule has 0 radical (unpaired) electrons. The van der Waals surface area contributed by atoms with Crippen LogP contribution in [0.15, 0.2) is 27.6 Å². The highest BCUT2D eigenvalue weighted by molar-refractivity contribution is 9.10. The summed E-state index contributed by atoms with van der Waals surface area (Å²) in [6, 6.07) is 4.46. The lowest BCUT2D eigenvalue weighted by atomic mass is 9.96. The number of likely N-dealkylation sites (tertiary alicyclic amines) is 1. The first kappa shape index (κ1) is 16.4. The average molecular weight is 377 g/mol. The molecule has 1 N–H and O–H groups in total. The molecule has 1 saturated heterocycles. The normalized spacial score (nSPS) is 17.7. The Morgan fingerprint density at radius 3 is 2.43 bits per heavy atom. The fraction of sp³-hybridized carbons (Fsp3) is 0.462. The number of amides is 1. The number of hydrogen-bond acceptors (Lipinski definition) is 4. The van der Waals surface area contributed by atoms with Crippen molar-refractivity contribution in [1.82, 2.24) is 9.21 Å². The topological polar surface area (TPSA) is 77.9 Å². The Morgan fingerprint density at radius 1 is 1.38 bits per heavy atom. The highest BCUT2D eigenvalue weighted by Crippen LogP contribution is 2.27. The van der Waals surface area contributed by atoms with Crippen LogP contribution >= 0.6 is 15.9 Å². The van der Waals surface area contributed by atoms with Crippen LogP contribution in [0.25, 0.3) is 0 Å². The lowest BCUT2D eigenvalue weighted by Crippen LogP contribution is -2.61. The molecule has 1 fully saturated rings. The van der Waals surface area contributed by atoms with E-state index in [0.29, 0.717) is 4.47 Å². The maximum absolute atomic E-state index is 12.3. The number of rotatable bonds is 3. The molecular weight excluding hydrogens is 360 g/mol. The quantitative estimate of drug-likeness (QED) is 0.850. The molecule has 8 heteroatoms. The average Bonchev–Trinajstić information content (AvgIpc) is 2.35. The Labute approximate surface area is 132 Å². The number of sulfonamides is 1. The zero-order chi connectivity index (χ0) is 16.0. The van der Waals surface area contributed by atoms with Gasteiger partial charge in [0.1, 0.15) is 0 Å². The van der Waals surface area contributed by atoms with Crippen molar-refractivity contribution in [2.45, 2.75) is 17.4 Å². The van der Waals surface area contributed by atoms with Crippen LogP contribution < -0.4 is 0 Å². The van der Waals surface area contributed by atoms with Crippen LogP contribution in [0.2, 0.25) is 0 Å². The van der Waals surface area contributed by atoms with Gasteiger partial charge >= 0.3 is 0 Å². The van der Waals surface area contributed by atoms with E-state index in [1.807, 2.05) is 0 Å². The Bertz CT molecular complexity index is 677. The first-order valence-corrected chi connectivity index (χ1v) is 8.52. The molecule has 1 amide bonds. The van der Waals surface area contributed by atoms with Gasteiger partial charge in [-0.05, 0) is 41.1 Å². The summed E-state index contributed by atoms with van der Waals surface area (Å²) in [7, 11) is -0.768. The van der Waals surface area contributed by atoms with Gasteiger partial charge in [-0.3, -0.25) is 4.79 Å². The highest BCUT2D eigenvalue weighted by Gasteiger charge is 2.39. The number of aliphatic hydroxyl groups is 1. The first-order valence-electron chi connectivity index (χ1n) is 6.28. The summed E-state index contributed by atoms with van der Waals surface area (Å²) in [5.41, 5.74) is -0.571. The molecule has 6 nitrogen and oxygen atoms in total. The molecule has 0 spiro atoms. The second kappa shape index (κ2) is 5.35. The van der Waals surface area contributed by atoms with Crippen LogP contribution in [0.4, 0.5) is 0 Å². The number of benzene rings is 1. The monoisotopic (exact) mass is 376 g/mol. The van der Waals surface area contributed by atoms with Gasteiger partial charge < -0.3 is 10.0 Å². The van der Waals surface area contributed by atoms with Gasteiger partial charge in [0, 0.05) is 24.1 Å². The molecule has 2 rings (SSSR count). The molecular formula is C13H17BrN2O4S. The molecule has 0 aliphatic carbocycles. The SMILES string of the molecule is CN(C)S(=O)(=O)c1cc(C(=O)N2CC(C)(O)C2)ccc1Br. The minimum Gasteiger partial charge on any atom is -0.386 e. The third kappa shape index (κ3) is 3.13. The molecule has 0 saturated carbocycles. The number of β-amino-alcohol motifs (C(OH)–C–C–N with tert-alkyl or cyclic N) is 1. The van der Waals surface area contributed by atoms with Crippen molar-refractivity contribution in [3.05, 3.63) is 28.2 Å². The van der Waals surface area contributed by atoms with Crippen LogP contribution in [-0.2, 0) is 10.0 Å². The molecule has 0 atom stereocenters. The Morgan fingerprint density at radius 2 is 1.95 bits per heavy atom. The summed E-state index contributed by atoms with van der Waals surface area (Å²) in [6.45, 7) is 2.15. The lowest BCUT2D eigenvalue weighted by Gasteiger charge is -2.44. The van der Waals surface area contributed by atoms with Crippen molar-refractivity contribution in [2.75, 3.05) is 27.2 Å². The van der Waals surface area contributed by atoms with E-state index in [9.17, 15) is 18.3 Å². The largest absolute Gasteiger partial charge is 0.386 e. The predicted octanol–water partition coefficient (Wildman–Crippen LogP) is 0.906. The highest BCUT2D eigenvalue weighted by atomic mass is 79.9. The van der Waals surface area contributed by atoms with Crippen LogP contribution in [0, 0.1) is 0 Å². The van der Waals surface area contributed by atoms with Crippen LogP contribution in [0.5, 0.6) is 0 Å². The molecule has 1 heterocycles. The molecule has 1 aromatic rings. The molecule has 0 aromatic heterocycles. The number of nitrogens with zero attached hydrogens (tertiary/aromatic N) is 2. The van der Waals surface area contributed by atoms with E-state index < -0.39 is 15.6 Å². The van der Waals surface area contributed by atoms with Crippen molar-refractivity contribution in [3.8, 4) is 0 Å². The molecule has 0 bridgehead atoms. The fourth-order valence-electron chi connectivity index (χ4n) is 2.13. The Hall–Kier alpha value is -0.960. The van der Waals surface area contributed by atoms with Crippen LogP contribution in [-0.4, -0.2) is 61.4 Å². The number of hydrogen-bond donors (Lipinski definition) is 1. The van der Waals surface area contributed by atoms with Crippen molar-refractivity contribution >= 4 is 31.9 Å². The van der Waals surface area contributed by atoms with Crippen molar-refractivity contribution in [1.29, 1.82) is 0 Å². The summed E-state index contributed by atoms with van der Waals surface area (Å²) in [5, 5.41) is 9.68. The summed E-state index contributed by atoms with van der Waals surface area (Å²) in [5.74, 6) is -0.288. The van der Waals surface area contributed by atoms with Crippen LogP contribution in [0.3, 0.4) is 0 Å². The van der Waals surface area contributed by atoms with E-state index in [1.54, 1.807) is 19.1 Å². The second-order valence-electron chi connectivity index (χ2n) is 5.59. The third-order valence-electron chi connectivity index (χ3n) is 3.29. The van der Waals surface area contributed by atoms with Gasteiger partial charge in [0.05, 0.1) is 23.6 Å². The van der Waals surface area contributed by atoms with Gasteiger partial charge in [-0.15, -0.1) is 0 Å². The second-order valence-corrected chi connectivity index (χ2v) is 8.57. The maximum atomic E-state index is 12.3. The molecule has 116 valence electrons. The summed E-state index contributed by atoms with van der Waals surface area (Å²) in [4.78, 5) is 13.8. The van der Waals surface area contributed by atoms with E-state index in [0.717, 1.165) is 4.31 Å². The van der Waals surface area contributed by atoms with Gasteiger partial charge in [-0.25, -0.2) is 12.7 Å². The molecule has 1 aromatic carbocycles. The summed E-state index contributed by atoms with van der Waals surface area (Å²) >= 11 is 3.20. The minimum absolute atomic E-state index is 0.0469. The van der Waals surface area contributed by atoms with E-state index in [4.69, 9.17) is 0 Å². The zero-order valence-electron chi connectivity index (χ0n) is 12.0. The van der Waals surface area contributed by atoms with Gasteiger partial charge in [-0.1, -0.05) is 0 Å². The molecule has 21 heavy (non-hydrogen) atoms. The third-order valence-corrected chi connectivity index (χ3v) is 6.10. The maximum Gasteiger partial charge on any atom is 0.254 e. The molecule has 1 aliphatic heterocycles. The van der Waals surface area contributed by atoms with Gasteiger partial charge in [0.2, 0.25) is 10.0 Å². The molecule has 1 aliphatic rings. The summed E-state index contributed by atoms with van der Waals surface area (Å²) < 4.78 is 25.9. The van der Waals surface area contributed by atoms with Crippen molar-refractivity contribution < 1.29 is 18.3 Å². The van der Waals surface area contributed by atoms with E-state index in [1.165, 1.54) is 25.1 Å². The smallest absolute Gasteiger partial charge is 0.254 e. The fourth-order valence-corrected chi connectivity index (χ4v) is 3.98. The Kier molecular flexibility index (Phi) is 4.18. The van der Waals surface area contributed by atoms with Gasteiger partial charge in [-0.2, -0.15) is 0 Å². The predicted molar refractivity (Wildman–Crippen MR) is 81.5 cm³/mol.